The minimum absolute atomic E-state index is 0.125. The number of rotatable bonds is 3. The first kappa shape index (κ1) is 17.9. The molecule has 0 saturated heterocycles. The van der Waals surface area contributed by atoms with Crippen LogP contribution in [0.3, 0.4) is 0 Å². The Hall–Kier alpha value is -1.95. The van der Waals surface area contributed by atoms with Gasteiger partial charge >= 0.3 is 5.92 Å². The van der Waals surface area contributed by atoms with Gasteiger partial charge in [0.25, 0.3) is 0 Å². The molecule has 134 valence electrons. The first-order chi connectivity index (χ1) is 11.7. The number of aliphatic hydroxyl groups is 1. The summed E-state index contributed by atoms with van der Waals surface area (Å²) >= 11 is 0. The Morgan fingerprint density at radius 3 is 2.28 bits per heavy atom. The second-order valence-electron chi connectivity index (χ2n) is 6.43. The van der Waals surface area contributed by atoms with Crippen LogP contribution in [0.1, 0.15) is 42.0 Å². The van der Waals surface area contributed by atoms with Crippen LogP contribution >= 0.6 is 0 Å². The number of aryl methyl sites for hydroxylation is 2. The highest BCUT2D eigenvalue weighted by Crippen LogP contribution is 2.52. The van der Waals surface area contributed by atoms with E-state index in [1.165, 1.54) is 6.07 Å². The van der Waals surface area contributed by atoms with Crippen molar-refractivity contribution >= 4 is 0 Å². The molecule has 0 spiro atoms. The normalized spacial score (nSPS) is 21.9. The molecule has 0 bridgehead atoms. The van der Waals surface area contributed by atoms with Crippen LogP contribution in [0.2, 0.25) is 0 Å². The molecule has 1 N–H and O–H groups in total. The van der Waals surface area contributed by atoms with Gasteiger partial charge in [0.1, 0.15) is 0 Å². The van der Waals surface area contributed by atoms with Gasteiger partial charge in [-0.3, -0.25) is 0 Å². The zero-order valence-electron chi connectivity index (χ0n) is 13.6. The zero-order chi connectivity index (χ0) is 18.4. The van der Waals surface area contributed by atoms with Gasteiger partial charge in [-0.25, -0.2) is 13.2 Å². The highest BCUT2D eigenvalue weighted by Gasteiger charge is 2.58. The minimum atomic E-state index is -3.76. The van der Waals surface area contributed by atoms with Crippen LogP contribution in [0.15, 0.2) is 30.3 Å². The number of benzene rings is 2. The first-order valence-corrected chi connectivity index (χ1v) is 8.08. The van der Waals surface area contributed by atoms with Gasteiger partial charge in [0.2, 0.25) is 0 Å². The maximum Gasteiger partial charge on any atom is 0.305 e. The molecule has 2 aromatic carbocycles. The smallest absolute Gasteiger partial charge is 0.305 e. The van der Waals surface area contributed by atoms with Gasteiger partial charge in [0.15, 0.2) is 23.1 Å². The van der Waals surface area contributed by atoms with Crippen LogP contribution in [-0.4, -0.2) is 5.11 Å². The predicted molar refractivity (Wildman–Crippen MR) is 82.9 cm³/mol. The van der Waals surface area contributed by atoms with Gasteiger partial charge in [0.05, 0.1) is 0 Å². The van der Waals surface area contributed by atoms with Gasteiger partial charge in [-0.2, -0.15) is 8.78 Å². The van der Waals surface area contributed by atoms with E-state index in [4.69, 9.17) is 0 Å². The first-order valence-electron chi connectivity index (χ1n) is 8.08. The van der Waals surface area contributed by atoms with Crippen molar-refractivity contribution in [2.45, 2.75) is 44.1 Å². The van der Waals surface area contributed by atoms with Crippen LogP contribution in [0.5, 0.6) is 0 Å². The Morgan fingerprint density at radius 1 is 1.04 bits per heavy atom. The van der Waals surface area contributed by atoms with Crippen molar-refractivity contribution in [3.05, 3.63) is 70.0 Å². The van der Waals surface area contributed by atoms with E-state index in [1.807, 2.05) is 6.92 Å². The van der Waals surface area contributed by atoms with Gasteiger partial charge in [-0.1, -0.05) is 31.5 Å². The topological polar surface area (TPSA) is 20.2 Å². The molecule has 6 heteroatoms. The van der Waals surface area contributed by atoms with Crippen molar-refractivity contribution in [3.63, 3.8) is 0 Å². The molecule has 0 amide bonds. The quantitative estimate of drug-likeness (QED) is 0.607. The SMILES string of the molecule is CCCc1ccc2c(c1)CCC(O)(c1cc(F)c(F)c(F)c1)C2(F)F. The third kappa shape index (κ3) is 2.72. The van der Waals surface area contributed by atoms with Crippen molar-refractivity contribution in [2.24, 2.45) is 0 Å². The van der Waals surface area contributed by atoms with Gasteiger partial charge in [0, 0.05) is 5.56 Å². The molecule has 25 heavy (non-hydrogen) atoms. The third-order valence-electron chi connectivity index (χ3n) is 4.78. The van der Waals surface area contributed by atoms with Gasteiger partial charge < -0.3 is 5.11 Å². The van der Waals surface area contributed by atoms with Crippen LogP contribution in [0.25, 0.3) is 0 Å². The van der Waals surface area contributed by atoms with E-state index in [1.54, 1.807) is 12.1 Å². The number of hydrogen-bond acceptors (Lipinski definition) is 1. The van der Waals surface area contributed by atoms with Crippen molar-refractivity contribution in [1.29, 1.82) is 0 Å². The summed E-state index contributed by atoms with van der Waals surface area (Å²) in [6, 6.07) is 5.36. The molecular weight excluding hydrogens is 339 g/mol. The average Bonchev–Trinajstić information content (AvgIpc) is 2.56. The molecule has 0 fully saturated rings. The van der Waals surface area contributed by atoms with E-state index < -0.39 is 41.0 Å². The van der Waals surface area contributed by atoms with E-state index in [9.17, 15) is 18.3 Å². The molecule has 0 aliphatic heterocycles. The van der Waals surface area contributed by atoms with Crippen LogP contribution in [0, 0.1) is 17.5 Å². The summed E-state index contributed by atoms with van der Waals surface area (Å²) in [7, 11) is 0. The molecule has 0 saturated carbocycles. The minimum Gasteiger partial charge on any atom is -0.378 e. The Bertz CT molecular complexity index is 794. The Labute approximate surface area is 142 Å². The lowest BCUT2D eigenvalue weighted by molar-refractivity contribution is -0.205. The lowest BCUT2D eigenvalue weighted by Crippen LogP contribution is -2.47. The van der Waals surface area contributed by atoms with E-state index in [0.29, 0.717) is 17.7 Å². The maximum absolute atomic E-state index is 15.0. The molecule has 1 nitrogen and oxygen atoms in total. The number of fused-ring (bicyclic) bond motifs is 1. The second-order valence-corrected chi connectivity index (χ2v) is 6.43. The van der Waals surface area contributed by atoms with Gasteiger partial charge in [-0.15, -0.1) is 0 Å². The summed E-state index contributed by atoms with van der Waals surface area (Å²) < 4.78 is 70.1. The lowest BCUT2D eigenvalue weighted by Gasteiger charge is -2.41. The van der Waals surface area contributed by atoms with Crippen molar-refractivity contribution in [3.8, 4) is 0 Å². The number of alkyl halides is 2. The summed E-state index contributed by atoms with van der Waals surface area (Å²) in [5.41, 5.74) is -2.52. The summed E-state index contributed by atoms with van der Waals surface area (Å²) in [4.78, 5) is 0. The zero-order valence-corrected chi connectivity index (χ0v) is 13.6. The largest absolute Gasteiger partial charge is 0.378 e. The molecule has 1 atom stereocenters. The number of hydrogen-bond donors (Lipinski definition) is 1. The Morgan fingerprint density at radius 2 is 1.68 bits per heavy atom. The molecule has 1 unspecified atom stereocenters. The molecule has 0 aromatic heterocycles. The standard InChI is InChI=1S/C19H17F5O/c1-2-3-11-4-5-14-12(8-11)6-7-18(25,19(14,23)24)13-9-15(20)17(22)16(21)10-13/h4-5,8-10,25H,2-3,6-7H2,1H3. The second kappa shape index (κ2) is 6.09. The molecule has 1 aliphatic carbocycles. The predicted octanol–water partition coefficient (Wildman–Crippen LogP) is 4.98. The van der Waals surface area contributed by atoms with Crippen molar-refractivity contribution in [1.82, 2.24) is 0 Å². The van der Waals surface area contributed by atoms with Gasteiger partial charge in [-0.05, 0) is 48.1 Å². The maximum atomic E-state index is 15.0. The molecule has 0 heterocycles. The van der Waals surface area contributed by atoms with E-state index >= 15 is 8.78 Å². The lowest BCUT2D eigenvalue weighted by atomic mass is 9.73. The van der Waals surface area contributed by atoms with Crippen molar-refractivity contribution in [2.75, 3.05) is 0 Å². The fourth-order valence-corrected chi connectivity index (χ4v) is 3.42. The molecule has 1 aliphatic rings. The fraction of sp³-hybridized carbons (Fsp3) is 0.368. The highest BCUT2D eigenvalue weighted by atomic mass is 19.3. The van der Waals surface area contributed by atoms with Crippen LogP contribution < -0.4 is 0 Å². The average molecular weight is 356 g/mol. The molecule has 0 radical (unpaired) electrons. The fourth-order valence-electron chi connectivity index (χ4n) is 3.42. The van der Waals surface area contributed by atoms with Crippen molar-refractivity contribution < 1.29 is 27.1 Å². The Balaban J connectivity index is 2.10. The summed E-state index contributed by atoms with van der Waals surface area (Å²) in [5, 5.41) is 10.6. The molecular formula is C19H17F5O. The summed E-state index contributed by atoms with van der Waals surface area (Å²) in [5.74, 6) is -8.73. The van der Waals surface area contributed by atoms with E-state index in [0.717, 1.165) is 18.4 Å². The van der Waals surface area contributed by atoms with E-state index in [-0.39, 0.29) is 12.0 Å². The summed E-state index contributed by atoms with van der Waals surface area (Å²) in [6.07, 6.45) is 1.32. The monoisotopic (exact) mass is 356 g/mol. The number of halogens is 5. The molecule has 2 aromatic rings. The third-order valence-corrected chi connectivity index (χ3v) is 4.78. The molecule has 3 rings (SSSR count). The van der Waals surface area contributed by atoms with Crippen LogP contribution in [-0.2, 0) is 24.4 Å². The highest BCUT2D eigenvalue weighted by molar-refractivity contribution is 5.43. The van der Waals surface area contributed by atoms with Crippen LogP contribution in [0.4, 0.5) is 22.0 Å². The van der Waals surface area contributed by atoms with E-state index in [2.05, 4.69) is 0 Å². The Kier molecular flexibility index (Phi) is 4.35. The summed E-state index contributed by atoms with van der Waals surface area (Å²) in [6.45, 7) is 1.98.